The monoisotopic (exact) mass is 626 g/mol. The maximum Gasteiger partial charge on any atom is 0.164 e. The van der Waals surface area contributed by atoms with Crippen molar-refractivity contribution in [1.82, 2.24) is 19.9 Å². The van der Waals surface area contributed by atoms with Gasteiger partial charge < -0.3 is 4.42 Å². The molecule has 10 rings (SSSR count). The molecule has 49 heavy (non-hydrogen) atoms. The molecular formula is C44H26N4O. The van der Waals surface area contributed by atoms with Crippen molar-refractivity contribution in [3.63, 3.8) is 0 Å². The van der Waals surface area contributed by atoms with Crippen molar-refractivity contribution in [3.8, 4) is 45.3 Å². The van der Waals surface area contributed by atoms with Gasteiger partial charge in [0.25, 0.3) is 0 Å². The predicted molar refractivity (Wildman–Crippen MR) is 199 cm³/mol. The van der Waals surface area contributed by atoms with Gasteiger partial charge in [0.2, 0.25) is 0 Å². The summed E-state index contributed by atoms with van der Waals surface area (Å²) in [5, 5.41) is 8.81. The smallest absolute Gasteiger partial charge is 0.164 e. The highest BCUT2D eigenvalue weighted by molar-refractivity contribution is 6.18. The number of nitrogens with zero attached hydrogens (tertiary/aromatic N) is 4. The van der Waals surface area contributed by atoms with Gasteiger partial charge in [0, 0.05) is 50.8 Å². The third-order valence-electron chi connectivity index (χ3n) is 9.38. The van der Waals surface area contributed by atoms with Crippen molar-refractivity contribution >= 4 is 54.3 Å². The molecule has 3 aromatic heterocycles. The van der Waals surface area contributed by atoms with E-state index in [4.69, 9.17) is 19.4 Å². The van der Waals surface area contributed by atoms with Crippen molar-refractivity contribution in [1.29, 1.82) is 0 Å². The number of hydrogen-bond acceptors (Lipinski definition) is 5. The summed E-state index contributed by atoms with van der Waals surface area (Å²) in [5.74, 6) is 1.82. The average Bonchev–Trinajstić information content (AvgIpc) is 3.55. The first-order valence-corrected chi connectivity index (χ1v) is 16.3. The predicted octanol–water partition coefficient (Wildman–Crippen LogP) is 11.3. The Morgan fingerprint density at radius 1 is 0.408 bits per heavy atom. The van der Waals surface area contributed by atoms with Crippen LogP contribution in [0.15, 0.2) is 162 Å². The molecule has 5 heteroatoms. The maximum atomic E-state index is 6.73. The summed E-state index contributed by atoms with van der Waals surface area (Å²) in [5.41, 5.74) is 6.41. The van der Waals surface area contributed by atoms with Gasteiger partial charge in [0.15, 0.2) is 17.5 Å². The minimum Gasteiger partial charge on any atom is -0.455 e. The van der Waals surface area contributed by atoms with Crippen LogP contribution in [-0.4, -0.2) is 19.9 Å². The van der Waals surface area contributed by atoms with Crippen LogP contribution in [-0.2, 0) is 0 Å². The number of furan rings is 1. The van der Waals surface area contributed by atoms with Gasteiger partial charge in [-0.3, -0.25) is 4.98 Å². The Labute approximate surface area is 281 Å². The zero-order valence-corrected chi connectivity index (χ0v) is 26.2. The molecule has 0 atom stereocenters. The van der Waals surface area contributed by atoms with Crippen LogP contribution in [0.1, 0.15) is 0 Å². The van der Waals surface area contributed by atoms with Crippen molar-refractivity contribution < 1.29 is 4.42 Å². The number of aromatic nitrogens is 4. The van der Waals surface area contributed by atoms with E-state index < -0.39 is 0 Å². The number of benzene rings is 7. The van der Waals surface area contributed by atoms with Gasteiger partial charge in [-0.05, 0) is 68.9 Å². The summed E-state index contributed by atoms with van der Waals surface area (Å²) in [4.78, 5) is 19.8. The summed E-state index contributed by atoms with van der Waals surface area (Å²) in [6.07, 6.45) is 3.70. The number of fused-ring (bicyclic) bond motifs is 7. The Morgan fingerprint density at radius 2 is 1.08 bits per heavy atom. The summed E-state index contributed by atoms with van der Waals surface area (Å²) in [6.45, 7) is 0. The minimum atomic E-state index is 0.587. The molecule has 0 radical (unpaired) electrons. The molecule has 0 aliphatic rings. The number of hydrogen-bond donors (Lipinski definition) is 0. The third-order valence-corrected chi connectivity index (χ3v) is 9.38. The Balaban J connectivity index is 1.27. The Morgan fingerprint density at radius 3 is 1.92 bits per heavy atom. The van der Waals surface area contributed by atoms with Gasteiger partial charge in [0.1, 0.15) is 11.2 Å². The van der Waals surface area contributed by atoms with Crippen LogP contribution in [0.4, 0.5) is 0 Å². The van der Waals surface area contributed by atoms with Crippen LogP contribution in [0, 0.1) is 0 Å². The second-order valence-corrected chi connectivity index (χ2v) is 12.3. The van der Waals surface area contributed by atoms with Crippen LogP contribution in [0.25, 0.3) is 99.5 Å². The highest BCUT2D eigenvalue weighted by atomic mass is 16.3. The standard InChI is InChI=1S/C44H26N4O/c1-3-9-27(10-4-1)35-19-20-36(40-38-23-31-21-22-45-26-33(31)25-39(38)49-41(35)40)44-47-42(30-12-5-2-6-13-30)46-43(48-44)32-18-17-29-16-15-28-11-7-8-14-34(28)37(29)24-32/h1-26H. The van der Waals surface area contributed by atoms with Crippen molar-refractivity contribution in [2.75, 3.05) is 0 Å². The average molecular weight is 627 g/mol. The lowest BCUT2D eigenvalue weighted by atomic mass is 9.97. The number of pyridine rings is 1. The van der Waals surface area contributed by atoms with Gasteiger partial charge in [-0.25, -0.2) is 15.0 Å². The minimum absolute atomic E-state index is 0.587. The largest absolute Gasteiger partial charge is 0.455 e. The molecule has 0 aliphatic heterocycles. The molecule has 0 aliphatic carbocycles. The fourth-order valence-electron chi connectivity index (χ4n) is 6.98. The molecule has 5 nitrogen and oxygen atoms in total. The second-order valence-electron chi connectivity index (χ2n) is 12.3. The fraction of sp³-hybridized carbons (Fsp3) is 0. The quantitative estimate of drug-likeness (QED) is 0.182. The zero-order valence-electron chi connectivity index (χ0n) is 26.2. The molecular weight excluding hydrogens is 601 g/mol. The first-order valence-electron chi connectivity index (χ1n) is 16.3. The Kier molecular flexibility index (Phi) is 6.11. The van der Waals surface area contributed by atoms with Crippen LogP contribution in [0.3, 0.4) is 0 Å². The molecule has 0 amide bonds. The lowest BCUT2D eigenvalue weighted by molar-refractivity contribution is 0.670. The van der Waals surface area contributed by atoms with E-state index in [2.05, 4.69) is 108 Å². The summed E-state index contributed by atoms with van der Waals surface area (Å²) in [7, 11) is 0. The second kappa shape index (κ2) is 10.9. The van der Waals surface area contributed by atoms with Crippen molar-refractivity contribution in [2.45, 2.75) is 0 Å². The normalized spacial score (nSPS) is 11.7. The van der Waals surface area contributed by atoms with E-state index in [9.17, 15) is 0 Å². The Bertz CT molecular complexity index is 2880. The van der Waals surface area contributed by atoms with Crippen LogP contribution >= 0.6 is 0 Å². The molecule has 3 heterocycles. The van der Waals surface area contributed by atoms with E-state index in [1.165, 1.54) is 16.2 Å². The highest BCUT2D eigenvalue weighted by Crippen LogP contribution is 2.42. The van der Waals surface area contributed by atoms with E-state index in [0.717, 1.165) is 65.9 Å². The molecule has 0 saturated heterocycles. The first kappa shape index (κ1) is 27.4. The zero-order chi connectivity index (χ0) is 32.3. The summed E-state index contributed by atoms with van der Waals surface area (Å²) >= 11 is 0. The molecule has 0 saturated carbocycles. The SMILES string of the molecule is c1ccc(-c2nc(-c3ccc4ccc5ccccc5c4c3)nc(-c3ccc(-c4ccccc4)c4oc5cc6cnccc6cc5c34)n2)cc1. The molecule has 228 valence electrons. The topological polar surface area (TPSA) is 64.7 Å². The van der Waals surface area contributed by atoms with Gasteiger partial charge in [-0.15, -0.1) is 0 Å². The van der Waals surface area contributed by atoms with Crippen molar-refractivity contribution in [3.05, 3.63) is 158 Å². The van der Waals surface area contributed by atoms with E-state index in [-0.39, 0.29) is 0 Å². The molecule has 0 spiro atoms. The molecule has 0 unspecified atom stereocenters. The van der Waals surface area contributed by atoms with Crippen LogP contribution in [0.5, 0.6) is 0 Å². The van der Waals surface area contributed by atoms with Crippen LogP contribution in [0.2, 0.25) is 0 Å². The first-order chi connectivity index (χ1) is 24.3. The lowest BCUT2D eigenvalue weighted by Crippen LogP contribution is -2.00. The van der Waals surface area contributed by atoms with E-state index >= 15 is 0 Å². The molecule has 0 N–H and O–H groups in total. The molecule has 7 aromatic carbocycles. The highest BCUT2D eigenvalue weighted by Gasteiger charge is 2.21. The van der Waals surface area contributed by atoms with Gasteiger partial charge in [-0.2, -0.15) is 0 Å². The Hall–Kier alpha value is -6.72. The van der Waals surface area contributed by atoms with Gasteiger partial charge in [-0.1, -0.05) is 109 Å². The van der Waals surface area contributed by atoms with Crippen molar-refractivity contribution in [2.24, 2.45) is 0 Å². The van der Waals surface area contributed by atoms with E-state index in [1.807, 2.05) is 54.9 Å². The number of rotatable bonds is 4. The van der Waals surface area contributed by atoms with Gasteiger partial charge >= 0.3 is 0 Å². The fourth-order valence-corrected chi connectivity index (χ4v) is 6.98. The van der Waals surface area contributed by atoms with E-state index in [1.54, 1.807) is 0 Å². The van der Waals surface area contributed by atoms with Gasteiger partial charge in [0.05, 0.1) is 0 Å². The molecule has 0 fully saturated rings. The molecule has 10 aromatic rings. The third kappa shape index (κ3) is 4.55. The molecule has 0 bridgehead atoms. The lowest BCUT2D eigenvalue weighted by Gasteiger charge is -2.11. The maximum absolute atomic E-state index is 6.73. The summed E-state index contributed by atoms with van der Waals surface area (Å²) < 4.78 is 6.73. The van der Waals surface area contributed by atoms with E-state index in [0.29, 0.717) is 17.5 Å². The summed E-state index contributed by atoms with van der Waals surface area (Å²) in [6, 6.07) is 50.3. The van der Waals surface area contributed by atoms with Crippen LogP contribution < -0.4 is 0 Å².